The molecule has 4 N–H and O–H groups in total. The molecule has 2 aromatic carbocycles. The molecule has 0 aliphatic heterocycles. The van der Waals surface area contributed by atoms with E-state index in [0.717, 1.165) is 17.8 Å². The molecular formula is C16H19N3O. The summed E-state index contributed by atoms with van der Waals surface area (Å²) in [4.78, 5) is 0. The maximum atomic E-state index is 8.61. The van der Waals surface area contributed by atoms with Crippen LogP contribution in [0.5, 0.6) is 0 Å². The van der Waals surface area contributed by atoms with Crippen molar-refractivity contribution >= 4 is 11.5 Å². The highest BCUT2D eigenvalue weighted by Crippen LogP contribution is 2.15. The number of hydrogen-bond donors (Lipinski definition) is 3. The molecule has 0 bridgehead atoms. The largest absolute Gasteiger partial charge is 0.409 e. The van der Waals surface area contributed by atoms with Crippen LogP contribution in [0.3, 0.4) is 0 Å². The van der Waals surface area contributed by atoms with Crippen molar-refractivity contribution in [1.82, 2.24) is 0 Å². The van der Waals surface area contributed by atoms with Crippen molar-refractivity contribution in [3.05, 3.63) is 64.7 Å². The molecule has 0 fully saturated rings. The summed E-state index contributed by atoms with van der Waals surface area (Å²) < 4.78 is 0. The van der Waals surface area contributed by atoms with Gasteiger partial charge in [0.1, 0.15) is 0 Å². The zero-order chi connectivity index (χ0) is 14.5. The van der Waals surface area contributed by atoms with Crippen molar-refractivity contribution < 1.29 is 5.21 Å². The minimum Gasteiger partial charge on any atom is -0.409 e. The fraction of sp³-hybridized carbons (Fsp3) is 0.188. The standard InChI is InChI=1S/C16H19N3O/c1-11-3-8-15(9-12(11)2)18-10-13-4-6-14(7-5-13)16(17)19-20/h3-9,18,20H,10H2,1-2H3,(H2,17,19). The van der Waals surface area contributed by atoms with Gasteiger partial charge in [-0.2, -0.15) is 0 Å². The number of nitrogens with two attached hydrogens (primary N) is 1. The molecule has 0 radical (unpaired) electrons. The quantitative estimate of drug-likeness (QED) is 0.346. The SMILES string of the molecule is Cc1ccc(NCc2ccc(C(N)=NO)cc2)cc1C. The lowest BCUT2D eigenvalue weighted by atomic mass is 10.1. The first-order valence-electron chi connectivity index (χ1n) is 6.48. The fourth-order valence-electron chi connectivity index (χ4n) is 1.91. The topological polar surface area (TPSA) is 70.6 Å². The Morgan fingerprint density at radius 1 is 1.10 bits per heavy atom. The lowest BCUT2D eigenvalue weighted by Crippen LogP contribution is -2.13. The van der Waals surface area contributed by atoms with Gasteiger partial charge in [-0.25, -0.2) is 0 Å². The molecular weight excluding hydrogens is 250 g/mol. The van der Waals surface area contributed by atoms with Crippen LogP contribution in [0.25, 0.3) is 0 Å². The molecule has 0 spiro atoms. The molecule has 0 aromatic heterocycles. The van der Waals surface area contributed by atoms with E-state index in [1.165, 1.54) is 11.1 Å². The Balaban J connectivity index is 2.02. The van der Waals surface area contributed by atoms with Crippen molar-refractivity contribution in [2.75, 3.05) is 5.32 Å². The Hall–Kier alpha value is -2.49. The van der Waals surface area contributed by atoms with Gasteiger partial charge in [0.05, 0.1) is 0 Å². The molecule has 0 heterocycles. The van der Waals surface area contributed by atoms with Crippen LogP contribution >= 0.6 is 0 Å². The van der Waals surface area contributed by atoms with Crippen molar-refractivity contribution in [1.29, 1.82) is 0 Å². The summed E-state index contributed by atoms with van der Waals surface area (Å²) in [7, 11) is 0. The number of nitrogens with zero attached hydrogens (tertiary/aromatic N) is 1. The molecule has 0 unspecified atom stereocenters. The van der Waals surface area contributed by atoms with Gasteiger partial charge in [0.2, 0.25) is 0 Å². The van der Waals surface area contributed by atoms with Crippen LogP contribution in [0, 0.1) is 13.8 Å². The molecule has 0 aliphatic carbocycles. The number of oxime groups is 1. The molecule has 104 valence electrons. The average molecular weight is 269 g/mol. The Kier molecular flexibility index (Phi) is 4.25. The van der Waals surface area contributed by atoms with E-state index in [4.69, 9.17) is 10.9 Å². The molecule has 0 amide bonds. The maximum Gasteiger partial charge on any atom is 0.170 e. The number of anilines is 1. The predicted octanol–water partition coefficient (Wildman–Crippen LogP) is 3.01. The second-order valence-corrected chi connectivity index (χ2v) is 4.83. The molecule has 0 saturated carbocycles. The Bertz CT molecular complexity index is 618. The van der Waals surface area contributed by atoms with Gasteiger partial charge in [0.15, 0.2) is 5.84 Å². The lowest BCUT2D eigenvalue weighted by Gasteiger charge is -2.09. The van der Waals surface area contributed by atoms with E-state index >= 15 is 0 Å². The molecule has 0 aliphatic rings. The van der Waals surface area contributed by atoms with Crippen molar-refractivity contribution in [3.8, 4) is 0 Å². The van der Waals surface area contributed by atoms with E-state index < -0.39 is 0 Å². The number of nitrogens with one attached hydrogen (secondary N) is 1. The predicted molar refractivity (Wildman–Crippen MR) is 82.2 cm³/mol. The van der Waals surface area contributed by atoms with Crippen molar-refractivity contribution in [3.63, 3.8) is 0 Å². The number of benzene rings is 2. The molecule has 2 aromatic rings. The Morgan fingerprint density at radius 3 is 2.40 bits per heavy atom. The number of hydrogen-bond acceptors (Lipinski definition) is 3. The maximum absolute atomic E-state index is 8.61. The van der Waals surface area contributed by atoms with Gasteiger partial charge in [-0.3, -0.25) is 0 Å². The van der Waals surface area contributed by atoms with Crippen molar-refractivity contribution in [2.45, 2.75) is 20.4 Å². The van der Waals surface area contributed by atoms with Crippen LogP contribution in [0.4, 0.5) is 5.69 Å². The second-order valence-electron chi connectivity index (χ2n) is 4.83. The van der Waals surface area contributed by atoms with Crippen molar-refractivity contribution in [2.24, 2.45) is 10.9 Å². The highest BCUT2D eigenvalue weighted by atomic mass is 16.4. The molecule has 2 rings (SSSR count). The third-order valence-electron chi connectivity index (χ3n) is 3.36. The number of rotatable bonds is 4. The van der Waals surface area contributed by atoms with Crippen LogP contribution in [-0.4, -0.2) is 11.0 Å². The third-order valence-corrected chi connectivity index (χ3v) is 3.36. The minimum absolute atomic E-state index is 0.124. The van der Waals surface area contributed by atoms with Gasteiger partial charge < -0.3 is 16.3 Å². The van der Waals surface area contributed by atoms with Crippen LogP contribution in [-0.2, 0) is 6.54 Å². The third kappa shape index (κ3) is 3.29. The first-order valence-corrected chi connectivity index (χ1v) is 6.48. The summed E-state index contributed by atoms with van der Waals surface area (Å²) >= 11 is 0. The first-order chi connectivity index (χ1) is 9.60. The van der Waals surface area contributed by atoms with Crippen LogP contribution in [0.15, 0.2) is 47.6 Å². The summed E-state index contributed by atoms with van der Waals surface area (Å²) in [6.07, 6.45) is 0. The summed E-state index contributed by atoms with van der Waals surface area (Å²) in [5.41, 5.74) is 11.0. The van der Waals surface area contributed by atoms with E-state index in [1.807, 2.05) is 24.3 Å². The first kappa shape index (κ1) is 13.9. The van der Waals surface area contributed by atoms with Crippen LogP contribution in [0.1, 0.15) is 22.3 Å². The zero-order valence-electron chi connectivity index (χ0n) is 11.7. The van der Waals surface area contributed by atoms with Crippen LogP contribution in [0.2, 0.25) is 0 Å². The Labute approximate surface area is 118 Å². The molecule has 0 saturated heterocycles. The van der Waals surface area contributed by atoms with E-state index in [1.54, 1.807) is 0 Å². The second kappa shape index (κ2) is 6.10. The van der Waals surface area contributed by atoms with E-state index in [0.29, 0.717) is 5.56 Å². The van der Waals surface area contributed by atoms with Gasteiger partial charge in [0, 0.05) is 17.8 Å². The normalized spacial score (nSPS) is 11.4. The van der Waals surface area contributed by atoms with Gasteiger partial charge in [0.25, 0.3) is 0 Å². The molecule has 20 heavy (non-hydrogen) atoms. The van der Waals surface area contributed by atoms with E-state index in [-0.39, 0.29) is 5.84 Å². The highest BCUT2D eigenvalue weighted by Gasteiger charge is 2.00. The van der Waals surface area contributed by atoms with Gasteiger partial charge in [-0.1, -0.05) is 35.5 Å². The minimum atomic E-state index is 0.124. The lowest BCUT2D eigenvalue weighted by molar-refractivity contribution is 0.318. The summed E-state index contributed by atoms with van der Waals surface area (Å²) in [5.74, 6) is 0.124. The van der Waals surface area contributed by atoms with E-state index in [2.05, 4.69) is 42.5 Å². The smallest absolute Gasteiger partial charge is 0.170 e. The Morgan fingerprint density at radius 2 is 1.80 bits per heavy atom. The molecule has 0 atom stereocenters. The van der Waals surface area contributed by atoms with Crippen LogP contribution < -0.4 is 11.1 Å². The molecule has 4 nitrogen and oxygen atoms in total. The zero-order valence-corrected chi connectivity index (χ0v) is 11.7. The van der Waals surface area contributed by atoms with Gasteiger partial charge in [-0.05, 0) is 42.7 Å². The summed E-state index contributed by atoms with van der Waals surface area (Å²) in [5, 5.41) is 15.0. The van der Waals surface area contributed by atoms with Gasteiger partial charge in [-0.15, -0.1) is 0 Å². The highest BCUT2D eigenvalue weighted by molar-refractivity contribution is 5.96. The number of aryl methyl sites for hydroxylation is 2. The monoisotopic (exact) mass is 269 g/mol. The summed E-state index contributed by atoms with van der Waals surface area (Å²) in [6, 6.07) is 13.9. The van der Waals surface area contributed by atoms with E-state index in [9.17, 15) is 0 Å². The average Bonchev–Trinajstić information content (AvgIpc) is 2.48. The fourth-order valence-corrected chi connectivity index (χ4v) is 1.91. The van der Waals surface area contributed by atoms with Gasteiger partial charge >= 0.3 is 0 Å². The summed E-state index contributed by atoms with van der Waals surface area (Å²) in [6.45, 7) is 4.94. The molecule has 4 heteroatoms. The number of amidine groups is 1.